The van der Waals surface area contributed by atoms with Crippen LogP contribution in [0.5, 0.6) is 0 Å². The molecule has 1 aliphatic carbocycles. The Labute approximate surface area is 77.6 Å². The van der Waals surface area contributed by atoms with Crippen LogP contribution in [0.4, 0.5) is 0 Å². The fourth-order valence-corrected chi connectivity index (χ4v) is 2.10. The second-order valence-electron chi connectivity index (χ2n) is 3.84. The van der Waals surface area contributed by atoms with Crippen molar-refractivity contribution in [2.45, 2.75) is 37.7 Å². The van der Waals surface area contributed by atoms with Crippen molar-refractivity contribution in [3.05, 3.63) is 11.9 Å². The maximum Gasteiger partial charge on any atom is 0.108 e. The summed E-state index contributed by atoms with van der Waals surface area (Å²) in [4.78, 5) is 0. The van der Waals surface area contributed by atoms with E-state index in [4.69, 9.17) is 0 Å². The van der Waals surface area contributed by atoms with Gasteiger partial charge in [0.1, 0.15) is 5.60 Å². The minimum absolute atomic E-state index is 0.670. The molecule has 1 N–H and O–H groups in total. The molecule has 4 heteroatoms. The van der Waals surface area contributed by atoms with Crippen molar-refractivity contribution in [1.29, 1.82) is 0 Å². The average molecular weight is 181 g/mol. The topological polar surface area (TPSA) is 50.9 Å². The lowest BCUT2D eigenvalue weighted by molar-refractivity contribution is -0.00793. The molecule has 4 nitrogen and oxygen atoms in total. The van der Waals surface area contributed by atoms with Gasteiger partial charge in [0, 0.05) is 7.05 Å². The van der Waals surface area contributed by atoms with E-state index in [2.05, 4.69) is 10.3 Å². The van der Waals surface area contributed by atoms with Crippen molar-refractivity contribution in [2.75, 3.05) is 0 Å². The molecule has 0 unspecified atom stereocenters. The first-order chi connectivity index (χ1) is 6.22. The average Bonchev–Trinajstić information content (AvgIpc) is 2.53. The minimum atomic E-state index is -0.670. The van der Waals surface area contributed by atoms with E-state index < -0.39 is 5.60 Å². The number of aromatic nitrogens is 3. The Hall–Kier alpha value is -0.900. The molecule has 72 valence electrons. The summed E-state index contributed by atoms with van der Waals surface area (Å²) >= 11 is 0. The van der Waals surface area contributed by atoms with Crippen molar-refractivity contribution in [2.24, 2.45) is 7.05 Å². The van der Waals surface area contributed by atoms with Gasteiger partial charge in [0.15, 0.2) is 0 Å². The van der Waals surface area contributed by atoms with Crippen LogP contribution in [0.25, 0.3) is 0 Å². The molecule has 13 heavy (non-hydrogen) atoms. The Bertz CT molecular complexity index is 289. The summed E-state index contributed by atoms with van der Waals surface area (Å²) in [5.41, 5.74) is 0.184. The van der Waals surface area contributed by atoms with E-state index in [9.17, 15) is 5.11 Å². The summed E-state index contributed by atoms with van der Waals surface area (Å²) < 4.78 is 1.67. The van der Waals surface area contributed by atoms with Crippen LogP contribution in [0.2, 0.25) is 0 Å². The third-order valence-electron chi connectivity index (χ3n) is 2.87. The Morgan fingerprint density at radius 2 is 2.08 bits per heavy atom. The normalized spacial score (nSPS) is 21.7. The fraction of sp³-hybridized carbons (Fsp3) is 0.778. The van der Waals surface area contributed by atoms with Crippen molar-refractivity contribution >= 4 is 0 Å². The Morgan fingerprint density at radius 3 is 2.62 bits per heavy atom. The van der Waals surface area contributed by atoms with Gasteiger partial charge >= 0.3 is 0 Å². The van der Waals surface area contributed by atoms with Crippen LogP contribution in [0.15, 0.2) is 6.20 Å². The zero-order valence-corrected chi connectivity index (χ0v) is 7.90. The number of aliphatic hydroxyl groups is 1. The lowest BCUT2D eigenvalue weighted by atomic mass is 9.83. The van der Waals surface area contributed by atoms with Gasteiger partial charge in [-0.1, -0.05) is 24.5 Å². The molecule has 0 amide bonds. The molecular formula is C9H15N3O. The van der Waals surface area contributed by atoms with Gasteiger partial charge in [0.05, 0.1) is 11.9 Å². The van der Waals surface area contributed by atoms with Gasteiger partial charge in [0.25, 0.3) is 0 Å². The molecule has 1 fully saturated rings. The SMILES string of the molecule is Cn1nncc1C1(O)CCCCC1. The van der Waals surface area contributed by atoms with E-state index in [0.717, 1.165) is 31.4 Å². The number of hydrogen-bond acceptors (Lipinski definition) is 3. The minimum Gasteiger partial charge on any atom is -0.384 e. The molecule has 0 aromatic carbocycles. The van der Waals surface area contributed by atoms with Crippen molar-refractivity contribution in [1.82, 2.24) is 15.0 Å². The Kier molecular flexibility index (Phi) is 2.07. The van der Waals surface area contributed by atoms with E-state index in [1.165, 1.54) is 6.42 Å². The third-order valence-corrected chi connectivity index (χ3v) is 2.87. The highest BCUT2D eigenvalue weighted by atomic mass is 16.3. The molecule has 1 saturated carbocycles. The predicted octanol–water partition coefficient (Wildman–Crippen LogP) is 0.967. The Morgan fingerprint density at radius 1 is 1.38 bits per heavy atom. The molecule has 1 aromatic heterocycles. The monoisotopic (exact) mass is 181 g/mol. The van der Waals surface area contributed by atoms with Crippen LogP contribution in [-0.4, -0.2) is 20.1 Å². The van der Waals surface area contributed by atoms with E-state index in [1.807, 2.05) is 7.05 Å². The number of nitrogens with zero attached hydrogens (tertiary/aromatic N) is 3. The molecule has 0 bridgehead atoms. The summed E-state index contributed by atoms with van der Waals surface area (Å²) in [6, 6.07) is 0. The molecular weight excluding hydrogens is 166 g/mol. The van der Waals surface area contributed by atoms with Crippen LogP contribution < -0.4 is 0 Å². The van der Waals surface area contributed by atoms with E-state index in [1.54, 1.807) is 10.9 Å². The lowest BCUT2D eigenvalue weighted by Crippen LogP contribution is -2.30. The second-order valence-corrected chi connectivity index (χ2v) is 3.84. The molecule has 1 aliphatic rings. The maximum absolute atomic E-state index is 10.3. The third kappa shape index (κ3) is 1.46. The number of rotatable bonds is 1. The highest BCUT2D eigenvalue weighted by molar-refractivity contribution is 5.08. The molecule has 2 rings (SSSR count). The van der Waals surface area contributed by atoms with Crippen LogP contribution >= 0.6 is 0 Å². The smallest absolute Gasteiger partial charge is 0.108 e. The quantitative estimate of drug-likeness (QED) is 0.702. The number of aryl methyl sites for hydroxylation is 1. The highest BCUT2D eigenvalue weighted by Gasteiger charge is 2.33. The van der Waals surface area contributed by atoms with Crippen LogP contribution in [0.1, 0.15) is 37.8 Å². The lowest BCUT2D eigenvalue weighted by Gasteiger charge is -2.31. The first-order valence-corrected chi connectivity index (χ1v) is 4.80. The van der Waals surface area contributed by atoms with Gasteiger partial charge in [-0.05, 0) is 12.8 Å². The molecule has 0 radical (unpaired) electrons. The molecule has 1 heterocycles. The molecule has 0 atom stereocenters. The molecule has 0 aliphatic heterocycles. The second kappa shape index (κ2) is 3.10. The zero-order chi connectivity index (χ0) is 9.31. The van der Waals surface area contributed by atoms with Crippen molar-refractivity contribution in [3.8, 4) is 0 Å². The van der Waals surface area contributed by atoms with Crippen LogP contribution in [-0.2, 0) is 12.6 Å². The Balaban J connectivity index is 2.27. The van der Waals surface area contributed by atoms with Crippen LogP contribution in [0.3, 0.4) is 0 Å². The number of hydrogen-bond donors (Lipinski definition) is 1. The largest absolute Gasteiger partial charge is 0.384 e. The van der Waals surface area contributed by atoms with Gasteiger partial charge < -0.3 is 5.11 Å². The predicted molar refractivity (Wildman–Crippen MR) is 48.0 cm³/mol. The summed E-state index contributed by atoms with van der Waals surface area (Å²) in [6.45, 7) is 0. The van der Waals surface area contributed by atoms with E-state index in [0.29, 0.717) is 0 Å². The van der Waals surface area contributed by atoms with E-state index >= 15 is 0 Å². The first kappa shape index (κ1) is 8.69. The maximum atomic E-state index is 10.3. The van der Waals surface area contributed by atoms with Gasteiger partial charge in [-0.25, -0.2) is 4.68 Å². The van der Waals surface area contributed by atoms with Crippen molar-refractivity contribution in [3.63, 3.8) is 0 Å². The van der Waals surface area contributed by atoms with Crippen LogP contribution in [0, 0.1) is 0 Å². The van der Waals surface area contributed by atoms with Gasteiger partial charge in [-0.3, -0.25) is 0 Å². The summed E-state index contributed by atoms with van der Waals surface area (Å²) in [7, 11) is 1.83. The van der Waals surface area contributed by atoms with Gasteiger partial charge in [-0.2, -0.15) is 0 Å². The highest BCUT2D eigenvalue weighted by Crippen LogP contribution is 2.35. The summed E-state index contributed by atoms with van der Waals surface area (Å²) in [5.74, 6) is 0. The fourth-order valence-electron chi connectivity index (χ4n) is 2.10. The standard InChI is InChI=1S/C9H15N3O/c1-12-8(7-10-11-12)9(13)5-3-2-4-6-9/h7,13H,2-6H2,1H3. The summed E-state index contributed by atoms with van der Waals surface area (Å²) in [6.07, 6.45) is 6.78. The summed E-state index contributed by atoms with van der Waals surface area (Å²) in [5, 5.41) is 18.0. The van der Waals surface area contributed by atoms with Gasteiger partial charge in [0.2, 0.25) is 0 Å². The molecule has 1 aromatic rings. The van der Waals surface area contributed by atoms with Crippen molar-refractivity contribution < 1.29 is 5.11 Å². The van der Waals surface area contributed by atoms with E-state index in [-0.39, 0.29) is 0 Å². The molecule has 0 saturated heterocycles. The molecule has 0 spiro atoms. The first-order valence-electron chi connectivity index (χ1n) is 4.80. The van der Waals surface area contributed by atoms with Gasteiger partial charge in [-0.15, -0.1) is 5.10 Å². The zero-order valence-electron chi connectivity index (χ0n) is 7.90.